The van der Waals surface area contributed by atoms with Gasteiger partial charge in [-0.15, -0.1) is 4.91 Å². The maximum Gasteiger partial charge on any atom is 0.197 e. The minimum Gasteiger partial charge on any atom is -0.364 e. The number of nitrogens with one attached hydrogen (secondary N) is 1. The van der Waals surface area contributed by atoms with Crippen LogP contribution in [0.15, 0.2) is 29.8 Å². The molecule has 0 spiro atoms. The van der Waals surface area contributed by atoms with E-state index < -0.39 is 0 Å². The SMILES string of the molecule is CNC(=S)N(N=O)c1ccncc1. The molecule has 0 saturated heterocycles. The topological polar surface area (TPSA) is 57.6 Å². The van der Waals surface area contributed by atoms with Crippen LogP contribution >= 0.6 is 12.2 Å². The summed E-state index contributed by atoms with van der Waals surface area (Å²) in [6.45, 7) is 0. The Bertz CT molecular complexity index is 303. The zero-order chi connectivity index (χ0) is 9.68. The average Bonchev–Trinajstić information content (AvgIpc) is 2.20. The van der Waals surface area contributed by atoms with Crippen LogP contribution in [0.5, 0.6) is 0 Å². The number of nitroso groups, excluding NO2 is 1. The summed E-state index contributed by atoms with van der Waals surface area (Å²) >= 11 is 4.86. The van der Waals surface area contributed by atoms with Crippen molar-refractivity contribution in [1.82, 2.24) is 10.3 Å². The molecule has 0 fully saturated rings. The molecule has 1 aromatic heterocycles. The largest absolute Gasteiger partial charge is 0.364 e. The van der Waals surface area contributed by atoms with Gasteiger partial charge >= 0.3 is 0 Å². The fourth-order valence-electron chi connectivity index (χ4n) is 0.793. The monoisotopic (exact) mass is 196 g/mol. The standard InChI is InChI=1S/C7H8N4OS/c1-8-7(13)11(10-12)6-2-4-9-5-3-6/h2-5H,1H3,(H,8,13). The number of aromatic nitrogens is 1. The fraction of sp³-hybridized carbons (Fsp3) is 0.143. The molecule has 0 saturated carbocycles. The predicted molar refractivity (Wildman–Crippen MR) is 54.2 cm³/mol. The lowest BCUT2D eigenvalue weighted by Crippen LogP contribution is -2.33. The number of thiocarbonyl (C=S) groups is 1. The second-order valence-corrected chi connectivity index (χ2v) is 2.54. The number of nitrogens with zero attached hydrogens (tertiary/aromatic N) is 3. The fourth-order valence-corrected chi connectivity index (χ4v) is 0.931. The minimum absolute atomic E-state index is 0.251. The molecule has 1 N–H and O–H groups in total. The first-order chi connectivity index (χ1) is 6.29. The molecule has 68 valence electrons. The van der Waals surface area contributed by atoms with E-state index in [0.717, 1.165) is 5.01 Å². The van der Waals surface area contributed by atoms with Crippen molar-refractivity contribution >= 4 is 23.0 Å². The second-order valence-electron chi connectivity index (χ2n) is 2.15. The van der Waals surface area contributed by atoms with Crippen LogP contribution in [-0.4, -0.2) is 17.1 Å². The predicted octanol–water partition coefficient (Wildman–Crippen LogP) is 1.07. The van der Waals surface area contributed by atoms with E-state index >= 15 is 0 Å². The Labute approximate surface area is 80.7 Å². The molecular weight excluding hydrogens is 188 g/mol. The Morgan fingerprint density at radius 1 is 1.62 bits per heavy atom. The van der Waals surface area contributed by atoms with Crippen molar-refractivity contribution in [3.63, 3.8) is 0 Å². The van der Waals surface area contributed by atoms with Gasteiger partial charge in [-0.25, -0.2) is 0 Å². The Morgan fingerprint density at radius 3 is 2.69 bits per heavy atom. The third-order valence-corrected chi connectivity index (χ3v) is 1.77. The summed E-state index contributed by atoms with van der Waals surface area (Å²) in [5, 5.41) is 6.77. The van der Waals surface area contributed by atoms with E-state index in [1.807, 2.05) is 0 Å². The van der Waals surface area contributed by atoms with Gasteiger partial charge in [-0.1, -0.05) is 0 Å². The Hall–Kier alpha value is -1.56. The Balaban J connectivity index is 2.91. The highest BCUT2D eigenvalue weighted by atomic mass is 32.1. The number of hydrogen-bond acceptors (Lipinski definition) is 4. The number of pyridine rings is 1. The lowest BCUT2D eigenvalue weighted by Gasteiger charge is -2.14. The van der Waals surface area contributed by atoms with Gasteiger partial charge in [0.05, 0.1) is 11.0 Å². The second kappa shape index (κ2) is 4.46. The first kappa shape index (κ1) is 9.53. The lowest BCUT2D eigenvalue weighted by atomic mass is 10.4. The van der Waals surface area contributed by atoms with Gasteiger partial charge in [0.15, 0.2) is 5.11 Å². The lowest BCUT2D eigenvalue weighted by molar-refractivity contribution is 1.04. The van der Waals surface area contributed by atoms with E-state index in [9.17, 15) is 4.91 Å². The third-order valence-electron chi connectivity index (χ3n) is 1.40. The van der Waals surface area contributed by atoms with Crippen molar-refractivity contribution in [1.29, 1.82) is 0 Å². The van der Waals surface area contributed by atoms with Crippen LogP contribution in [-0.2, 0) is 0 Å². The molecule has 5 nitrogen and oxygen atoms in total. The van der Waals surface area contributed by atoms with Crippen LogP contribution in [0.4, 0.5) is 5.69 Å². The van der Waals surface area contributed by atoms with Crippen molar-refractivity contribution in [2.24, 2.45) is 5.29 Å². The van der Waals surface area contributed by atoms with Crippen molar-refractivity contribution in [3.05, 3.63) is 29.4 Å². The molecule has 0 aromatic carbocycles. The molecule has 1 heterocycles. The molecule has 0 bridgehead atoms. The summed E-state index contributed by atoms with van der Waals surface area (Å²) < 4.78 is 0. The summed E-state index contributed by atoms with van der Waals surface area (Å²) in [5.74, 6) is 0. The molecule has 0 radical (unpaired) electrons. The first-order valence-electron chi connectivity index (χ1n) is 3.54. The molecule has 0 aliphatic heterocycles. The van der Waals surface area contributed by atoms with Crippen LogP contribution in [0.1, 0.15) is 0 Å². The highest BCUT2D eigenvalue weighted by molar-refractivity contribution is 7.80. The average molecular weight is 196 g/mol. The van der Waals surface area contributed by atoms with Gasteiger partial charge in [0.2, 0.25) is 0 Å². The molecule has 13 heavy (non-hydrogen) atoms. The molecular formula is C7H8N4OS. The highest BCUT2D eigenvalue weighted by Gasteiger charge is 2.09. The summed E-state index contributed by atoms with van der Waals surface area (Å²) in [7, 11) is 1.63. The van der Waals surface area contributed by atoms with E-state index in [1.54, 1.807) is 31.6 Å². The first-order valence-corrected chi connectivity index (χ1v) is 3.95. The molecule has 0 aliphatic carbocycles. The molecule has 0 aliphatic rings. The molecule has 0 atom stereocenters. The van der Waals surface area contributed by atoms with Gasteiger partial charge in [-0.3, -0.25) is 4.98 Å². The number of hydrogen-bond donors (Lipinski definition) is 1. The van der Waals surface area contributed by atoms with Gasteiger partial charge < -0.3 is 5.32 Å². The van der Waals surface area contributed by atoms with Crippen molar-refractivity contribution in [3.8, 4) is 0 Å². The van der Waals surface area contributed by atoms with E-state index in [0.29, 0.717) is 5.69 Å². The highest BCUT2D eigenvalue weighted by Crippen LogP contribution is 2.11. The number of rotatable bonds is 2. The molecule has 0 unspecified atom stereocenters. The molecule has 6 heteroatoms. The third kappa shape index (κ3) is 2.19. The van der Waals surface area contributed by atoms with E-state index in [1.165, 1.54) is 0 Å². The van der Waals surface area contributed by atoms with Gasteiger partial charge in [0.25, 0.3) is 0 Å². The minimum atomic E-state index is 0.251. The quantitative estimate of drug-likeness (QED) is 0.435. The van der Waals surface area contributed by atoms with Crippen molar-refractivity contribution in [2.75, 3.05) is 12.1 Å². The van der Waals surface area contributed by atoms with E-state index in [4.69, 9.17) is 12.2 Å². The normalized spacial score (nSPS) is 9.00. The van der Waals surface area contributed by atoms with Crippen LogP contribution in [0.2, 0.25) is 0 Å². The summed E-state index contributed by atoms with van der Waals surface area (Å²) in [6.07, 6.45) is 3.12. The van der Waals surface area contributed by atoms with Gasteiger partial charge in [-0.05, 0) is 24.4 Å². The smallest absolute Gasteiger partial charge is 0.197 e. The van der Waals surface area contributed by atoms with Crippen LogP contribution < -0.4 is 10.3 Å². The summed E-state index contributed by atoms with van der Waals surface area (Å²) in [5.41, 5.74) is 0.587. The zero-order valence-electron chi connectivity index (χ0n) is 6.97. The summed E-state index contributed by atoms with van der Waals surface area (Å²) in [4.78, 5) is 14.2. The van der Waals surface area contributed by atoms with Crippen LogP contribution in [0.3, 0.4) is 0 Å². The maximum atomic E-state index is 10.4. The van der Waals surface area contributed by atoms with Crippen molar-refractivity contribution < 1.29 is 0 Å². The van der Waals surface area contributed by atoms with Gasteiger partial charge in [0.1, 0.15) is 0 Å². The van der Waals surface area contributed by atoms with Gasteiger partial charge in [0, 0.05) is 19.4 Å². The van der Waals surface area contributed by atoms with Crippen LogP contribution in [0.25, 0.3) is 0 Å². The molecule has 0 amide bonds. The summed E-state index contributed by atoms with van der Waals surface area (Å²) in [6, 6.07) is 3.29. The zero-order valence-corrected chi connectivity index (χ0v) is 7.78. The number of anilines is 1. The van der Waals surface area contributed by atoms with Crippen molar-refractivity contribution in [2.45, 2.75) is 0 Å². The molecule has 1 rings (SSSR count). The van der Waals surface area contributed by atoms with E-state index in [-0.39, 0.29) is 5.11 Å². The Kier molecular flexibility index (Phi) is 3.27. The maximum absolute atomic E-state index is 10.4. The van der Waals surface area contributed by atoms with Crippen LogP contribution in [0, 0.1) is 4.91 Å². The Morgan fingerprint density at radius 2 is 2.23 bits per heavy atom. The van der Waals surface area contributed by atoms with E-state index in [2.05, 4.69) is 15.6 Å². The molecule has 1 aromatic rings. The van der Waals surface area contributed by atoms with Gasteiger partial charge in [-0.2, -0.15) is 5.01 Å².